The number of hydrogen-bond donors (Lipinski definition) is 1. The van der Waals surface area contributed by atoms with Crippen LogP contribution in [0.25, 0.3) is 16.6 Å². The Kier molecular flexibility index (Phi) is 4.50. The lowest BCUT2D eigenvalue weighted by Gasteiger charge is -2.34. The Morgan fingerprint density at radius 3 is 2.85 bits per heavy atom. The molecule has 6 nitrogen and oxygen atoms in total. The molecule has 0 saturated heterocycles. The van der Waals surface area contributed by atoms with Crippen LogP contribution >= 0.6 is 0 Å². The van der Waals surface area contributed by atoms with E-state index in [4.69, 9.17) is 0 Å². The number of amides is 1. The van der Waals surface area contributed by atoms with Crippen LogP contribution in [-0.2, 0) is 11.3 Å². The van der Waals surface area contributed by atoms with Crippen molar-refractivity contribution in [3.63, 3.8) is 0 Å². The number of aromatic nitrogens is 3. The maximum Gasteiger partial charge on any atom is 0.273 e. The van der Waals surface area contributed by atoms with Gasteiger partial charge in [-0.15, -0.1) is 0 Å². The molecule has 1 aliphatic rings. The van der Waals surface area contributed by atoms with Gasteiger partial charge in [0, 0.05) is 23.2 Å². The van der Waals surface area contributed by atoms with Crippen molar-refractivity contribution in [2.75, 3.05) is 0 Å². The number of benzene rings is 1. The molecular formula is C21H26N4O2. The van der Waals surface area contributed by atoms with E-state index in [1.807, 2.05) is 40.4 Å². The van der Waals surface area contributed by atoms with E-state index in [-0.39, 0.29) is 24.1 Å². The van der Waals surface area contributed by atoms with Crippen molar-refractivity contribution in [2.45, 2.75) is 52.6 Å². The molecule has 2 aromatic heterocycles. The molecule has 1 aliphatic carbocycles. The molecule has 0 bridgehead atoms. The fourth-order valence-corrected chi connectivity index (χ4v) is 4.40. The van der Waals surface area contributed by atoms with E-state index in [9.17, 15) is 9.59 Å². The second kappa shape index (κ2) is 6.83. The highest BCUT2D eigenvalue weighted by Crippen LogP contribution is 2.29. The van der Waals surface area contributed by atoms with Crippen molar-refractivity contribution in [2.24, 2.45) is 11.8 Å². The van der Waals surface area contributed by atoms with Crippen molar-refractivity contribution >= 4 is 22.5 Å². The summed E-state index contributed by atoms with van der Waals surface area (Å²) in [7, 11) is 0. The fourth-order valence-electron chi connectivity index (χ4n) is 4.40. The summed E-state index contributed by atoms with van der Waals surface area (Å²) in [5.74, 6) is 1.12. The lowest BCUT2D eigenvalue weighted by Crippen LogP contribution is -2.45. The molecule has 1 N–H and O–H groups in total. The van der Waals surface area contributed by atoms with Gasteiger partial charge in [-0.25, -0.2) is 4.52 Å². The third-order valence-corrected chi connectivity index (χ3v) is 6.09. The Labute approximate surface area is 158 Å². The van der Waals surface area contributed by atoms with Gasteiger partial charge in [0.15, 0.2) is 5.65 Å². The van der Waals surface area contributed by atoms with E-state index in [0.29, 0.717) is 17.5 Å². The standard InChI is InChI=1S/C21H26N4O2/c1-13-7-6-9-17(15(13)3)22-20(27)12-24-18-10-5-4-8-16(18)21-23-19(26)11-14(2)25(21)24/h4-5,8,10-11,13,15,17H,6-7,9,12H2,1-3H3,(H,22,27). The smallest absolute Gasteiger partial charge is 0.273 e. The molecule has 3 aromatic rings. The van der Waals surface area contributed by atoms with Gasteiger partial charge < -0.3 is 5.32 Å². The number of nitrogens with zero attached hydrogens (tertiary/aromatic N) is 3. The summed E-state index contributed by atoms with van der Waals surface area (Å²) in [5.41, 5.74) is 2.01. The first-order chi connectivity index (χ1) is 13.0. The second-order valence-corrected chi connectivity index (χ2v) is 7.89. The van der Waals surface area contributed by atoms with Crippen molar-refractivity contribution < 1.29 is 4.79 Å². The normalized spacial score (nSPS) is 23.0. The Balaban J connectivity index is 1.71. The molecule has 1 fully saturated rings. The average Bonchev–Trinajstić information content (AvgIpc) is 2.93. The molecular weight excluding hydrogens is 340 g/mol. The van der Waals surface area contributed by atoms with Gasteiger partial charge in [-0.05, 0) is 37.3 Å². The van der Waals surface area contributed by atoms with Crippen molar-refractivity contribution in [3.05, 3.63) is 46.4 Å². The van der Waals surface area contributed by atoms with Gasteiger partial charge in [0.1, 0.15) is 6.54 Å². The zero-order chi connectivity index (χ0) is 19.1. The van der Waals surface area contributed by atoms with Crippen molar-refractivity contribution in [1.29, 1.82) is 0 Å². The second-order valence-electron chi connectivity index (χ2n) is 7.89. The molecule has 27 heavy (non-hydrogen) atoms. The zero-order valence-corrected chi connectivity index (χ0v) is 16.1. The minimum Gasteiger partial charge on any atom is -0.351 e. The zero-order valence-electron chi connectivity index (χ0n) is 16.1. The van der Waals surface area contributed by atoms with Crippen LogP contribution in [0.4, 0.5) is 0 Å². The van der Waals surface area contributed by atoms with Crippen LogP contribution in [0.1, 0.15) is 38.8 Å². The van der Waals surface area contributed by atoms with Crippen LogP contribution in [0.5, 0.6) is 0 Å². The van der Waals surface area contributed by atoms with E-state index in [1.165, 1.54) is 12.5 Å². The van der Waals surface area contributed by atoms with Crippen LogP contribution in [-0.4, -0.2) is 26.1 Å². The number of hydrogen-bond acceptors (Lipinski definition) is 3. The highest BCUT2D eigenvalue weighted by molar-refractivity contribution is 5.93. The topological polar surface area (TPSA) is 68.4 Å². The van der Waals surface area contributed by atoms with Crippen molar-refractivity contribution in [1.82, 2.24) is 19.5 Å². The predicted octanol–water partition coefficient (Wildman–Crippen LogP) is 2.90. The summed E-state index contributed by atoms with van der Waals surface area (Å²) in [5, 5.41) is 4.12. The summed E-state index contributed by atoms with van der Waals surface area (Å²) in [4.78, 5) is 29.0. The maximum absolute atomic E-state index is 12.9. The Morgan fingerprint density at radius 1 is 1.26 bits per heavy atom. The number of rotatable bonds is 3. The van der Waals surface area contributed by atoms with Gasteiger partial charge in [0.05, 0.1) is 5.52 Å². The summed E-state index contributed by atoms with van der Waals surface area (Å²) < 4.78 is 3.79. The highest BCUT2D eigenvalue weighted by Gasteiger charge is 2.28. The average molecular weight is 366 g/mol. The Morgan fingerprint density at radius 2 is 2.04 bits per heavy atom. The lowest BCUT2D eigenvalue weighted by molar-refractivity contribution is -0.123. The summed E-state index contributed by atoms with van der Waals surface area (Å²) in [6, 6.07) is 9.50. The molecule has 6 heteroatoms. The first-order valence-corrected chi connectivity index (χ1v) is 9.73. The monoisotopic (exact) mass is 366 g/mol. The van der Waals surface area contributed by atoms with E-state index >= 15 is 0 Å². The number of carbonyl (C=O) groups excluding carboxylic acids is 1. The van der Waals surface area contributed by atoms with E-state index in [1.54, 1.807) is 0 Å². The Bertz CT molecular complexity index is 1070. The number of carbonyl (C=O) groups is 1. The van der Waals surface area contributed by atoms with Gasteiger partial charge in [-0.1, -0.05) is 38.8 Å². The fraction of sp³-hybridized carbons (Fsp3) is 0.476. The number of para-hydroxylation sites is 1. The maximum atomic E-state index is 12.9. The molecule has 3 atom stereocenters. The molecule has 0 radical (unpaired) electrons. The highest BCUT2D eigenvalue weighted by atomic mass is 16.2. The predicted molar refractivity (Wildman–Crippen MR) is 106 cm³/mol. The van der Waals surface area contributed by atoms with Crippen molar-refractivity contribution in [3.8, 4) is 0 Å². The number of nitrogens with one attached hydrogen (secondary N) is 1. The molecule has 3 unspecified atom stereocenters. The minimum absolute atomic E-state index is 0.00158. The van der Waals surface area contributed by atoms with E-state index in [0.717, 1.165) is 29.4 Å². The number of fused-ring (bicyclic) bond motifs is 3. The van der Waals surface area contributed by atoms with Crippen LogP contribution in [0.2, 0.25) is 0 Å². The summed E-state index contributed by atoms with van der Waals surface area (Å²) in [6.45, 7) is 6.57. The molecule has 142 valence electrons. The quantitative estimate of drug-likeness (QED) is 0.775. The Hall–Kier alpha value is -2.63. The molecule has 1 saturated carbocycles. The summed E-state index contributed by atoms with van der Waals surface area (Å²) >= 11 is 0. The molecule has 0 aliphatic heterocycles. The lowest BCUT2D eigenvalue weighted by atomic mass is 9.78. The SMILES string of the molecule is Cc1cc(=O)nc2c3ccccc3n(CC(=O)NC3CCCC(C)C3C)n12. The van der Waals surface area contributed by atoms with Gasteiger partial charge >= 0.3 is 0 Å². The first kappa shape index (κ1) is 17.8. The van der Waals surface area contributed by atoms with Gasteiger partial charge in [-0.3, -0.25) is 14.3 Å². The molecule has 1 aromatic carbocycles. The molecule has 1 amide bonds. The van der Waals surface area contributed by atoms with Crippen LogP contribution in [0.15, 0.2) is 35.1 Å². The molecule has 4 rings (SSSR count). The van der Waals surface area contributed by atoms with E-state index in [2.05, 4.69) is 24.1 Å². The van der Waals surface area contributed by atoms with Gasteiger partial charge in [-0.2, -0.15) is 4.98 Å². The minimum atomic E-state index is -0.259. The van der Waals surface area contributed by atoms with Gasteiger partial charge in [0.25, 0.3) is 5.56 Å². The molecule has 2 heterocycles. The van der Waals surface area contributed by atoms with Gasteiger partial charge in [0.2, 0.25) is 5.91 Å². The summed E-state index contributed by atoms with van der Waals surface area (Å²) in [6.07, 6.45) is 3.44. The molecule has 0 spiro atoms. The largest absolute Gasteiger partial charge is 0.351 e. The van der Waals surface area contributed by atoms with Crippen LogP contribution in [0, 0.1) is 18.8 Å². The van der Waals surface area contributed by atoms with Crippen LogP contribution < -0.4 is 10.9 Å². The number of aryl methyl sites for hydroxylation is 1. The first-order valence-electron chi connectivity index (χ1n) is 9.73. The van der Waals surface area contributed by atoms with Crippen LogP contribution in [0.3, 0.4) is 0 Å². The third-order valence-electron chi connectivity index (χ3n) is 6.09. The third kappa shape index (κ3) is 3.13. The van der Waals surface area contributed by atoms with E-state index < -0.39 is 0 Å².